The monoisotopic (exact) mass is 277 g/mol. The number of hydrogen-bond acceptors (Lipinski definition) is 6. The molecule has 0 radical (unpaired) electrons. The molecule has 1 unspecified atom stereocenters. The van der Waals surface area contributed by atoms with E-state index in [1.807, 2.05) is 0 Å². The molecule has 0 aliphatic carbocycles. The molecule has 1 aliphatic rings. The lowest BCUT2D eigenvalue weighted by Gasteiger charge is -2.24. The molecule has 0 saturated carbocycles. The summed E-state index contributed by atoms with van der Waals surface area (Å²) in [5.74, 6) is -1.15. The number of rotatable bonds is 3. The molecule has 2 N–H and O–H groups in total. The summed E-state index contributed by atoms with van der Waals surface area (Å²) in [5.41, 5.74) is 4.78. The van der Waals surface area contributed by atoms with Gasteiger partial charge in [0.15, 0.2) is 0 Å². The second-order valence-corrected chi connectivity index (χ2v) is 4.45. The first-order valence-corrected chi connectivity index (χ1v) is 5.95. The molecule has 0 aromatic heterocycles. The molecule has 0 fully saturated rings. The molecule has 2 rings (SSSR count). The zero-order chi connectivity index (χ0) is 14.9. The van der Waals surface area contributed by atoms with Crippen molar-refractivity contribution in [1.29, 1.82) is 0 Å². The van der Waals surface area contributed by atoms with E-state index < -0.39 is 17.4 Å². The van der Waals surface area contributed by atoms with Crippen LogP contribution >= 0.6 is 0 Å². The zero-order valence-corrected chi connectivity index (χ0v) is 11.4. The highest BCUT2D eigenvalue weighted by molar-refractivity contribution is 6.04. The fraction of sp³-hybridized carbons (Fsp3) is 0.286. The Hall–Kier alpha value is -2.50. The fourth-order valence-corrected chi connectivity index (χ4v) is 2.10. The molecule has 0 spiro atoms. The first-order valence-electron chi connectivity index (χ1n) is 5.95. The molecule has 1 aliphatic heterocycles. The number of Topliss-reactive ketones (excluding diaryl/α,β-unsaturated/α-hetero) is 1. The van der Waals surface area contributed by atoms with E-state index in [1.54, 1.807) is 31.2 Å². The molecule has 106 valence electrons. The normalized spacial score (nSPS) is 21.6. The number of carbonyl (C=O) groups is 2. The third kappa shape index (κ3) is 2.09. The third-order valence-electron chi connectivity index (χ3n) is 3.04. The fourth-order valence-electron chi connectivity index (χ4n) is 2.10. The largest absolute Gasteiger partial charge is 0.496 e. The van der Waals surface area contributed by atoms with E-state index in [9.17, 15) is 9.59 Å². The molecular formula is C14H15NO5. The van der Waals surface area contributed by atoms with E-state index in [2.05, 4.69) is 0 Å². The van der Waals surface area contributed by atoms with Crippen molar-refractivity contribution in [3.8, 4) is 5.75 Å². The van der Waals surface area contributed by atoms with Gasteiger partial charge in [0.1, 0.15) is 5.75 Å². The molecule has 1 aromatic carbocycles. The predicted molar refractivity (Wildman–Crippen MR) is 69.4 cm³/mol. The van der Waals surface area contributed by atoms with Gasteiger partial charge >= 0.3 is 5.97 Å². The smallest absolute Gasteiger partial charge is 0.308 e. The Morgan fingerprint density at radius 1 is 1.35 bits per heavy atom. The van der Waals surface area contributed by atoms with Crippen LogP contribution in [0, 0.1) is 0 Å². The van der Waals surface area contributed by atoms with Crippen LogP contribution in [0.15, 0.2) is 35.9 Å². The maximum absolute atomic E-state index is 12.4. The molecule has 1 heterocycles. The van der Waals surface area contributed by atoms with Gasteiger partial charge in [-0.3, -0.25) is 9.59 Å². The van der Waals surface area contributed by atoms with Gasteiger partial charge in [-0.15, -0.1) is 0 Å². The summed E-state index contributed by atoms with van der Waals surface area (Å²) in [6, 6.07) is 6.92. The van der Waals surface area contributed by atoms with Crippen LogP contribution < -0.4 is 10.5 Å². The van der Waals surface area contributed by atoms with Crippen LogP contribution in [-0.2, 0) is 24.7 Å². The lowest BCUT2D eigenvalue weighted by Crippen LogP contribution is -2.32. The van der Waals surface area contributed by atoms with Crippen molar-refractivity contribution in [3.63, 3.8) is 0 Å². The highest BCUT2D eigenvalue weighted by atomic mass is 16.6. The third-order valence-corrected chi connectivity index (χ3v) is 3.04. The molecule has 0 amide bonds. The molecule has 20 heavy (non-hydrogen) atoms. The molecule has 1 aromatic rings. The quantitative estimate of drug-likeness (QED) is 0.835. The number of para-hydroxylation sites is 1. The summed E-state index contributed by atoms with van der Waals surface area (Å²) in [7, 11) is 1.49. The van der Waals surface area contributed by atoms with Crippen LogP contribution in [0.4, 0.5) is 0 Å². The van der Waals surface area contributed by atoms with Crippen LogP contribution in [0.1, 0.15) is 19.4 Å². The van der Waals surface area contributed by atoms with Gasteiger partial charge in [-0.1, -0.05) is 18.2 Å². The van der Waals surface area contributed by atoms with Gasteiger partial charge in [-0.2, -0.15) is 0 Å². The number of benzene rings is 1. The number of ketones is 1. The summed E-state index contributed by atoms with van der Waals surface area (Å²) in [6.07, 6.45) is 0. The summed E-state index contributed by atoms with van der Waals surface area (Å²) in [5, 5.41) is 0. The van der Waals surface area contributed by atoms with Crippen molar-refractivity contribution in [2.75, 3.05) is 7.11 Å². The number of carbonyl (C=O) groups excluding carboxylic acids is 2. The topological polar surface area (TPSA) is 87.8 Å². The molecule has 1 atom stereocenters. The van der Waals surface area contributed by atoms with Crippen LogP contribution in [0.3, 0.4) is 0 Å². The van der Waals surface area contributed by atoms with Crippen LogP contribution in [0.25, 0.3) is 0 Å². The second-order valence-electron chi connectivity index (χ2n) is 4.45. The van der Waals surface area contributed by atoms with Crippen molar-refractivity contribution in [2.24, 2.45) is 5.73 Å². The molecule has 6 nitrogen and oxygen atoms in total. The standard InChI is InChI=1S/C14H15NO5/c1-8(16)19-11-12(17)14(2,20-13(11)15)9-6-4-5-7-10(9)18-3/h4-7H,15H2,1-3H3. The SMILES string of the molecule is COc1ccccc1C1(C)OC(N)=C(OC(C)=O)C1=O. The number of hydrogen-bond donors (Lipinski definition) is 1. The zero-order valence-electron chi connectivity index (χ0n) is 11.4. The Balaban J connectivity index is 2.44. The van der Waals surface area contributed by atoms with Crippen LogP contribution in [-0.4, -0.2) is 18.9 Å². The lowest BCUT2D eigenvalue weighted by molar-refractivity contribution is -0.142. The number of methoxy groups -OCH3 is 1. The second kappa shape index (κ2) is 4.88. The predicted octanol–water partition coefficient (Wildman–Crippen LogP) is 1.20. The molecule has 0 bridgehead atoms. The first-order chi connectivity index (χ1) is 9.40. The van der Waals surface area contributed by atoms with E-state index in [0.717, 1.165) is 0 Å². The average Bonchev–Trinajstić information content (AvgIpc) is 2.63. The minimum atomic E-state index is -1.37. The summed E-state index contributed by atoms with van der Waals surface area (Å²) in [4.78, 5) is 23.5. The molecular weight excluding hydrogens is 262 g/mol. The van der Waals surface area contributed by atoms with Crippen LogP contribution in [0.5, 0.6) is 5.75 Å². The van der Waals surface area contributed by atoms with E-state index in [0.29, 0.717) is 11.3 Å². The maximum atomic E-state index is 12.4. The summed E-state index contributed by atoms with van der Waals surface area (Å²) < 4.78 is 15.5. The van der Waals surface area contributed by atoms with Crippen molar-refractivity contribution < 1.29 is 23.8 Å². The molecule has 6 heteroatoms. The van der Waals surface area contributed by atoms with E-state index in [4.69, 9.17) is 19.9 Å². The Kier molecular flexibility index (Phi) is 3.40. The van der Waals surface area contributed by atoms with Gasteiger partial charge in [0, 0.05) is 12.5 Å². The Bertz CT molecular complexity index is 607. The number of nitrogens with two attached hydrogens (primary N) is 1. The van der Waals surface area contributed by atoms with E-state index in [-0.39, 0.29) is 11.6 Å². The summed E-state index contributed by atoms with van der Waals surface area (Å²) in [6.45, 7) is 2.74. The van der Waals surface area contributed by atoms with Gasteiger partial charge in [0.05, 0.1) is 7.11 Å². The van der Waals surface area contributed by atoms with Crippen molar-refractivity contribution in [3.05, 3.63) is 41.5 Å². The van der Waals surface area contributed by atoms with Gasteiger partial charge in [0.25, 0.3) is 5.78 Å². The van der Waals surface area contributed by atoms with Gasteiger partial charge in [-0.05, 0) is 13.0 Å². The Morgan fingerprint density at radius 2 is 2.00 bits per heavy atom. The van der Waals surface area contributed by atoms with Crippen molar-refractivity contribution in [2.45, 2.75) is 19.4 Å². The van der Waals surface area contributed by atoms with E-state index in [1.165, 1.54) is 14.0 Å². The van der Waals surface area contributed by atoms with Crippen molar-refractivity contribution >= 4 is 11.8 Å². The van der Waals surface area contributed by atoms with E-state index >= 15 is 0 Å². The van der Waals surface area contributed by atoms with Gasteiger partial charge < -0.3 is 19.9 Å². The summed E-state index contributed by atoms with van der Waals surface area (Å²) >= 11 is 0. The highest BCUT2D eigenvalue weighted by Crippen LogP contribution is 2.41. The number of esters is 1. The maximum Gasteiger partial charge on any atom is 0.308 e. The highest BCUT2D eigenvalue weighted by Gasteiger charge is 2.50. The minimum absolute atomic E-state index is 0.210. The minimum Gasteiger partial charge on any atom is -0.496 e. The first kappa shape index (κ1) is 13.9. The average molecular weight is 277 g/mol. The van der Waals surface area contributed by atoms with Gasteiger partial charge in [0.2, 0.25) is 17.2 Å². The Morgan fingerprint density at radius 3 is 2.60 bits per heavy atom. The van der Waals surface area contributed by atoms with Crippen LogP contribution in [0.2, 0.25) is 0 Å². The number of ether oxygens (including phenoxy) is 3. The lowest BCUT2D eigenvalue weighted by atomic mass is 9.91. The molecule has 0 saturated heterocycles. The van der Waals surface area contributed by atoms with Gasteiger partial charge in [-0.25, -0.2) is 0 Å². The Labute approximate surface area is 116 Å². The van der Waals surface area contributed by atoms with Crippen molar-refractivity contribution in [1.82, 2.24) is 0 Å².